The van der Waals surface area contributed by atoms with Gasteiger partial charge in [0.05, 0.1) is 18.1 Å². The van der Waals surface area contributed by atoms with Crippen molar-refractivity contribution >= 4 is 5.97 Å². The van der Waals surface area contributed by atoms with E-state index in [9.17, 15) is 4.79 Å². The quantitative estimate of drug-likeness (QED) is 0.389. The van der Waals surface area contributed by atoms with Gasteiger partial charge in [0.15, 0.2) is 0 Å². The Labute approximate surface area is 69.8 Å². The van der Waals surface area contributed by atoms with Crippen molar-refractivity contribution < 1.29 is 20.1 Å². The van der Waals surface area contributed by atoms with Gasteiger partial charge in [-0.05, 0) is 12.8 Å². The molecule has 0 radical (unpaired) electrons. The first-order valence-electron chi connectivity index (χ1n) is 3.87. The fourth-order valence-corrected chi connectivity index (χ4v) is 1.48. The van der Waals surface area contributed by atoms with E-state index in [1.54, 1.807) is 0 Å². The fraction of sp³-hybridized carbons (Fsp3) is 0.857. The normalized spacial score (nSPS) is 42.6. The van der Waals surface area contributed by atoms with Crippen molar-refractivity contribution in [2.24, 2.45) is 11.7 Å². The maximum Gasteiger partial charge on any atom is 0.308 e. The molecule has 5 N–H and O–H groups in total. The summed E-state index contributed by atoms with van der Waals surface area (Å²) >= 11 is 0. The highest BCUT2D eigenvalue weighted by atomic mass is 16.4. The molecule has 1 aliphatic carbocycles. The lowest BCUT2D eigenvalue weighted by molar-refractivity contribution is -0.147. The number of nitrogens with two attached hydrogens (primary N) is 1. The van der Waals surface area contributed by atoms with E-state index in [-0.39, 0.29) is 12.8 Å². The Morgan fingerprint density at radius 1 is 1.25 bits per heavy atom. The van der Waals surface area contributed by atoms with Crippen LogP contribution in [0, 0.1) is 5.92 Å². The molecular weight excluding hydrogens is 162 g/mol. The zero-order valence-electron chi connectivity index (χ0n) is 6.55. The van der Waals surface area contributed by atoms with Gasteiger partial charge in [-0.1, -0.05) is 0 Å². The van der Waals surface area contributed by atoms with Gasteiger partial charge in [-0.15, -0.1) is 0 Å². The van der Waals surface area contributed by atoms with E-state index in [0.29, 0.717) is 0 Å². The molecule has 0 bridgehead atoms. The number of aliphatic carboxylic acids is 1. The molecular formula is C7H13NO4. The van der Waals surface area contributed by atoms with Crippen LogP contribution in [0.15, 0.2) is 0 Å². The SMILES string of the molecule is N[C@@H]1C[C@H](O)[C@H](O)C[C@@H]1C(=O)O. The zero-order valence-corrected chi connectivity index (χ0v) is 6.55. The van der Waals surface area contributed by atoms with Gasteiger partial charge in [-0.25, -0.2) is 0 Å². The maximum atomic E-state index is 10.5. The Balaban J connectivity index is 2.61. The Morgan fingerprint density at radius 2 is 1.75 bits per heavy atom. The van der Waals surface area contributed by atoms with Gasteiger partial charge in [0.25, 0.3) is 0 Å². The molecule has 1 aliphatic rings. The van der Waals surface area contributed by atoms with Crippen molar-refractivity contribution in [2.45, 2.75) is 31.1 Å². The average Bonchev–Trinajstić information content (AvgIpc) is 1.96. The van der Waals surface area contributed by atoms with Crippen molar-refractivity contribution in [2.75, 3.05) is 0 Å². The molecule has 1 rings (SSSR count). The maximum absolute atomic E-state index is 10.5. The van der Waals surface area contributed by atoms with Gasteiger partial charge in [0.1, 0.15) is 0 Å². The Morgan fingerprint density at radius 3 is 2.25 bits per heavy atom. The number of aliphatic hydroxyl groups excluding tert-OH is 2. The van der Waals surface area contributed by atoms with Gasteiger partial charge in [0.2, 0.25) is 0 Å². The lowest BCUT2D eigenvalue weighted by Crippen LogP contribution is -2.48. The highest BCUT2D eigenvalue weighted by Gasteiger charge is 2.37. The Kier molecular flexibility index (Phi) is 2.66. The first-order valence-corrected chi connectivity index (χ1v) is 3.87. The third-order valence-corrected chi connectivity index (χ3v) is 2.29. The Hall–Kier alpha value is -0.650. The second-order valence-electron chi connectivity index (χ2n) is 3.21. The molecule has 5 heteroatoms. The number of rotatable bonds is 1. The summed E-state index contributed by atoms with van der Waals surface area (Å²) in [5.41, 5.74) is 5.48. The molecule has 0 amide bonds. The molecule has 4 atom stereocenters. The van der Waals surface area contributed by atoms with Crippen LogP contribution in [0.1, 0.15) is 12.8 Å². The first kappa shape index (κ1) is 9.44. The van der Waals surface area contributed by atoms with Gasteiger partial charge < -0.3 is 21.1 Å². The van der Waals surface area contributed by atoms with Crippen LogP contribution in [0.4, 0.5) is 0 Å². The lowest BCUT2D eigenvalue weighted by Gasteiger charge is -2.32. The number of carboxylic acid groups (broad SMARTS) is 1. The van der Waals surface area contributed by atoms with Crippen LogP contribution in [-0.4, -0.2) is 39.5 Å². The minimum Gasteiger partial charge on any atom is -0.481 e. The van der Waals surface area contributed by atoms with Crippen molar-refractivity contribution in [3.05, 3.63) is 0 Å². The average molecular weight is 175 g/mol. The van der Waals surface area contributed by atoms with Crippen LogP contribution >= 0.6 is 0 Å². The summed E-state index contributed by atoms with van der Waals surface area (Å²) in [7, 11) is 0. The van der Waals surface area contributed by atoms with Crippen LogP contribution in [0.5, 0.6) is 0 Å². The summed E-state index contributed by atoms with van der Waals surface area (Å²) in [5.74, 6) is -1.74. The molecule has 1 fully saturated rings. The minimum absolute atomic E-state index is 0.0394. The predicted octanol–water partition coefficient (Wildman–Crippen LogP) is -1.47. The molecule has 0 aromatic heterocycles. The summed E-state index contributed by atoms with van der Waals surface area (Å²) < 4.78 is 0. The van der Waals surface area contributed by atoms with E-state index in [4.69, 9.17) is 21.1 Å². The zero-order chi connectivity index (χ0) is 9.30. The van der Waals surface area contributed by atoms with Crippen molar-refractivity contribution in [1.29, 1.82) is 0 Å². The number of hydrogen-bond donors (Lipinski definition) is 4. The van der Waals surface area contributed by atoms with E-state index < -0.39 is 30.1 Å². The molecule has 0 saturated heterocycles. The van der Waals surface area contributed by atoms with Gasteiger partial charge in [-0.3, -0.25) is 4.79 Å². The predicted molar refractivity (Wildman–Crippen MR) is 40.3 cm³/mol. The summed E-state index contributed by atoms with van der Waals surface area (Å²) in [5, 5.41) is 26.9. The van der Waals surface area contributed by atoms with E-state index in [2.05, 4.69) is 0 Å². The van der Waals surface area contributed by atoms with Crippen LogP contribution in [0.2, 0.25) is 0 Å². The number of hydrogen-bond acceptors (Lipinski definition) is 4. The highest BCUT2D eigenvalue weighted by molar-refractivity contribution is 5.71. The van der Waals surface area contributed by atoms with Gasteiger partial charge in [0, 0.05) is 6.04 Å². The van der Waals surface area contributed by atoms with E-state index in [1.807, 2.05) is 0 Å². The third-order valence-electron chi connectivity index (χ3n) is 2.29. The highest BCUT2D eigenvalue weighted by Crippen LogP contribution is 2.23. The summed E-state index contributed by atoms with van der Waals surface area (Å²) in [6, 6.07) is -0.555. The van der Waals surface area contributed by atoms with Crippen molar-refractivity contribution in [3.8, 4) is 0 Å². The van der Waals surface area contributed by atoms with Crippen LogP contribution in [0.3, 0.4) is 0 Å². The lowest BCUT2D eigenvalue weighted by atomic mass is 9.82. The van der Waals surface area contributed by atoms with Crippen molar-refractivity contribution in [3.63, 3.8) is 0 Å². The molecule has 1 saturated carbocycles. The Bertz CT molecular complexity index is 184. The standard InChI is InChI=1S/C7H13NO4/c8-4-2-6(10)5(9)1-3(4)7(11)12/h3-6,9-10H,1-2,8H2,(H,11,12)/t3-,4+,5+,6-/m0/s1. The molecule has 0 unspecified atom stereocenters. The molecule has 0 aliphatic heterocycles. The summed E-state index contributed by atoms with van der Waals surface area (Å²) in [4.78, 5) is 10.5. The molecule has 70 valence electrons. The fourth-order valence-electron chi connectivity index (χ4n) is 1.48. The minimum atomic E-state index is -1.01. The second-order valence-corrected chi connectivity index (χ2v) is 3.21. The molecule has 0 heterocycles. The van der Waals surface area contributed by atoms with E-state index >= 15 is 0 Å². The molecule has 0 aromatic carbocycles. The number of carboxylic acids is 1. The molecule has 0 spiro atoms. The molecule has 5 nitrogen and oxygen atoms in total. The summed E-state index contributed by atoms with van der Waals surface area (Å²) in [6.07, 6.45) is -1.64. The monoisotopic (exact) mass is 175 g/mol. The third kappa shape index (κ3) is 1.74. The largest absolute Gasteiger partial charge is 0.481 e. The first-order chi connectivity index (χ1) is 5.52. The van der Waals surface area contributed by atoms with Crippen LogP contribution in [-0.2, 0) is 4.79 Å². The van der Waals surface area contributed by atoms with E-state index in [1.165, 1.54) is 0 Å². The summed E-state index contributed by atoms with van der Waals surface area (Å²) in [6.45, 7) is 0. The van der Waals surface area contributed by atoms with Crippen molar-refractivity contribution in [1.82, 2.24) is 0 Å². The number of aliphatic hydroxyl groups is 2. The molecule has 12 heavy (non-hydrogen) atoms. The number of carbonyl (C=O) groups is 1. The topological polar surface area (TPSA) is 104 Å². The van der Waals surface area contributed by atoms with Crippen LogP contribution in [0.25, 0.3) is 0 Å². The van der Waals surface area contributed by atoms with Gasteiger partial charge in [-0.2, -0.15) is 0 Å². The van der Waals surface area contributed by atoms with E-state index in [0.717, 1.165) is 0 Å². The smallest absolute Gasteiger partial charge is 0.308 e. The molecule has 0 aromatic rings. The van der Waals surface area contributed by atoms with Crippen LogP contribution < -0.4 is 5.73 Å². The van der Waals surface area contributed by atoms with Gasteiger partial charge >= 0.3 is 5.97 Å². The second kappa shape index (κ2) is 3.38.